The number of nitrogens with two attached hydrogens (primary N) is 1. The van der Waals surface area contributed by atoms with Gasteiger partial charge in [0.15, 0.2) is 0 Å². The molecule has 3 rings (SSSR count). The molecule has 0 aliphatic carbocycles. The molecule has 6 heteroatoms. The maximum Gasteiger partial charge on any atom is 0.231 e. The minimum Gasteiger partial charge on any atom is -0.399 e. The van der Waals surface area contributed by atoms with Crippen molar-refractivity contribution >= 4 is 5.69 Å². The Balaban J connectivity index is 1.82. The van der Waals surface area contributed by atoms with Gasteiger partial charge in [-0.25, -0.2) is 0 Å². The smallest absolute Gasteiger partial charge is 0.231 e. The van der Waals surface area contributed by atoms with E-state index in [0.29, 0.717) is 23.8 Å². The third kappa shape index (κ3) is 2.47. The van der Waals surface area contributed by atoms with Crippen LogP contribution >= 0.6 is 0 Å². The predicted molar refractivity (Wildman–Crippen MR) is 70.2 cm³/mol. The van der Waals surface area contributed by atoms with Crippen molar-refractivity contribution in [3.8, 4) is 11.5 Å². The van der Waals surface area contributed by atoms with Crippen LogP contribution in [0.5, 0.6) is 0 Å². The van der Waals surface area contributed by atoms with Crippen LogP contribution in [0.1, 0.15) is 11.5 Å². The van der Waals surface area contributed by atoms with Crippen LogP contribution < -0.4 is 5.73 Å². The first-order valence-corrected chi connectivity index (χ1v) is 5.88. The summed E-state index contributed by atoms with van der Waals surface area (Å²) < 4.78 is 6.92. The predicted octanol–water partition coefficient (Wildman–Crippen LogP) is 1.64. The van der Waals surface area contributed by atoms with E-state index in [4.69, 9.17) is 10.3 Å². The number of aromatic nitrogens is 4. The lowest BCUT2D eigenvalue weighted by Crippen LogP contribution is -1.92. The van der Waals surface area contributed by atoms with Gasteiger partial charge in [-0.3, -0.25) is 4.68 Å². The minimum absolute atomic E-state index is 0.500. The van der Waals surface area contributed by atoms with Crippen molar-refractivity contribution in [3.05, 3.63) is 48.0 Å². The van der Waals surface area contributed by atoms with Gasteiger partial charge in [0.1, 0.15) is 5.69 Å². The van der Waals surface area contributed by atoms with E-state index in [0.717, 1.165) is 11.3 Å². The van der Waals surface area contributed by atoms with E-state index in [2.05, 4.69) is 15.2 Å². The van der Waals surface area contributed by atoms with E-state index in [9.17, 15) is 0 Å². The molecule has 0 spiro atoms. The van der Waals surface area contributed by atoms with Crippen molar-refractivity contribution < 1.29 is 4.52 Å². The van der Waals surface area contributed by atoms with E-state index >= 15 is 0 Å². The fourth-order valence-electron chi connectivity index (χ4n) is 1.84. The molecule has 0 aliphatic heterocycles. The SMILES string of the molecule is Cn1ccc(-c2noc(Cc3cccc(N)c3)n2)n1. The largest absolute Gasteiger partial charge is 0.399 e. The summed E-state index contributed by atoms with van der Waals surface area (Å²) in [5.41, 5.74) is 8.19. The summed E-state index contributed by atoms with van der Waals surface area (Å²) in [4.78, 5) is 4.32. The van der Waals surface area contributed by atoms with Gasteiger partial charge in [-0.2, -0.15) is 10.1 Å². The second-order valence-corrected chi connectivity index (χ2v) is 4.31. The summed E-state index contributed by atoms with van der Waals surface area (Å²) in [6.07, 6.45) is 2.40. The Bertz CT molecular complexity index is 700. The van der Waals surface area contributed by atoms with Gasteiger partial charge >= 0.3 is 0 Å². The summed E-state index contributed by atoms with van der Waals surface area (Å²) >= 11 is 0. The summed E-state index contributed by atoms with van der Waals surface area (Å²) in [6.45, 7) is 0. The number of anilines is 1. The lowest BCUT2D eigenvalue weighted by atomic mass is 10.1. The molecule has 6 nitrogen and oxygen atoms in total. The third-order valence-electron chi connectivity index (χ3n) is 2.72. The number of hydrogen-bond acceptors (Lipinski definition) is 5. The molecular formula is C13H13N5O. The summed E-state index contributed by atoms with van der Waals surface area (Å²) in [5, 5.41) is 8.15. The Morgan fingerprint density at radius 2 is 2.21 bits per heavy atom. The van der Waals surface area contributed by atoms with Crippen LogP contribution in [-0.2, 0) is 13.5 Å². The highest BCUT2D eigenvalue weighted by Crippen LogP contribution is 2.15. The molecule has 1 aromatic carbocycles. The highest BCUT2D eigenvalue weighted by Gasteiger charge is 2.11. The van der Waals surface area contributed by atoms with Gasteiger partial charge < -0.3 is 10.3 Å². The molecule has 2 N–H and O–H groups in total. The number of hydrogen-bond donors (Lipinski definition) is 1. The first-order chi connectivity index (χ1) is 9.20. The summed E-state index contributed by atoms with van der Waals surface area (Å²) in [7, 11) is 1.84. The van der Waals surface area contributed by atoms with E-state index < -0.39 is 0 Å². The molecule has 3 aromatic rings. The van der Waals surface area contributed by atoms with Crippen LogP contribution in [0.25, 0.3) is 11.5 Å². The zero-order valence-corrected chi connectivity index (χ0v) is 10.4. The van der Waals surface area contributed by atoms with Gasteiger partial charge in [0.05, 0.1) is 6.42 Å². The highest BCUT2D eigenvalue weighted by molar-refractivity contribution is 5.47. The van der Waals surface area contributed by atoms with E-state index in [-0.39, 0.29) is 0 Å². The Morgan fingerprint density at radius 1 is 1.32 bits per heavy atom. The average molecular weight is 255 g/mol. The van der Waals surface area contributed by atoms with Gasteiger partial charge in [-0.15, -0.1) is 0 Å². The van der Waals surface area contributed by atoms with Crippen LogP contribution in [0, 0.1) is 0 Å². The fourth-order valence-corrected chi connectivity index (χ4v) is 1.84. The first-order valence-electron chi connectivity index (χ1n) is 5.88. The standard InChI is InChI=1S/C13H13N5O/c1-18-6-5-11(16-18)13-15-12(19-17-13)8-9-3-2-4-10(14)7-9/h2-7H,8,14H2,1H3. The molecule has 0 radical (unpaired) electrons. The minimum atomic E-state index is 0.500. The van der Waals surface area contributed by atoms with E-state index in [1.165, 1.54) is 0 Å². The average Bonchev–Trinajstić information content (AvgIpc) is 2.98. The lowest BCUT2D eigenvalue weighted by Gasteiger charge is -1.97. The second kappa shape index (κ2) is 4.56. The molecule has 0 saturated heterocycles. The normalized spacial score (nSPS) is 10.8. The van der Waals surface area contributed by atoms with Crippen molar-refractivity contribution in [3.63, 3.8) is 0 Å². The van der Waals surface area contributed by atoms with Crippen molar-refractivity contribution in [1.29, 1.82) is 0 Å². The van der Waals surface area contributed by atoms with Crippen LogP contribution in [0.4, 0.5) is 5.69 Å². The molecule has 0 fully saturated rings. The Morgan fingerprint density at radius 3 is 2.95 bits per heavy atom. The molecule has 0 aliphatic rings. The van der Waals surface area contributed by atoms with Gasteiger partial charge in [0, 0.05) is 18.9 Å². The summed E-state index contributed by atoms with van der Waals surface area (Å²) in [6, 6.07) is 9.46. The molecule has 96 valence electrons. The molecule has 0 atom stereocenters. The van der Waals surface area contributed by atoms with Crippen LogP contribution in [0.3, 0.4) is 0 Å². The first kappa shape index (κ1) is 11.5. The molecule has 2 aromatic heterocycles. The van der Waals surface area contributed by atoms with Gasteiger partial charge in [0.25, 0.3) is 0 Å². The molecule has 0 amide bonds. The molecular weight excluding hydrogens is 242 g/mol. The van der Waals surface area contributed by atoms with Crippen molar-refractivity contribution in [1.82, 2.24) is 19.9 Å². The van der Waals surface area contributed by atoms with Crippen molar-refractivity contribution in [2.45, 2.75) is 6.42 Å². The number of aryl methyl sites for hydroxylation is 1. The monoisotopic (exact) mass is 255 g/mol. The molecule has 0 unspecified atom stereocenters. The lowest BCUT2D eigenvalue weighted by molar-refractivity contribution is 0.385. The fraction of sp³-hybridized carbons (Fsp3) is 0.154. The number of nitrogens with zero attached hydrogens (tertiary/aromatic N) is 4. The molecule has 19 heavy (non-hydrogen) atoms. The van der Waals surface area contributed by atoms with Gasteiger partial charge in [0.2, 0.25) is 11.7 Å². The van der Waals surface area contributed by atoms with Crippen molar-refractivity contribution in [2.75, 3.05) is 5.73 Å². The topological polar surface area (TPSA) is 82.8 Å². The Kier molecular flexibility index (Phi) is 2.75. The Hall–Kier alpha value is -2.63. The van der Waals surface area contributed by atoms with Crippen LogP contribution in [0.2, 0.25) is 0 Å². The zero-order chi connectivity index (χ0) is 13.2. The quantitative estimate of drug-likeness (QED) is 0.719. The van der Waals surface area contributed by atoms with Crippen LogP contribution in [0.15, 0.2) is 41.1 Å². The number of nitrogen functional groups attached to an aromatic ring is 1. The molecule has 2 heterocycles. The van der Waals surface area contributed by atoms with E-state index in [1.807, 2.05) is 43.6 Å². The maximum atomic E-state index is 5.73. The zero-order valence-electron chi connectivity index (χ0n) is 10.4. The van der Waals surface area contributed by atoms with Gasteiger partial charge in [-0.1, -0.05) is 17.3 Å². The van der Waals surface area contributed by atoms with Crippen LogP contribution in [-0.4, -0.2) is 19.9 Å². The van der Waals surface area contributed by atoms with Crippen molar-refractivity contribution in [2.24, 2.45) is 7.05 Å². The number of rotatable bonds is 3. The molecule has 0 bridgehead atoms. The second-order valence-electron chi connectivity index (χ2n) is 4.31. The molecule has 0 saturated carbocycles. The van der Waals surface area contributed by atoms with E-state index in [1.54, 1.807) is 4.68 Å². The summed E-state index contributed by atoms with van der Waals surface area (Å²) in [5.74, 6) is 1.05. The maximum absolute atomic E-state index is 5.73. The number of benzene rings is 1. The van der Waals surface area contributed by atoms with Gasteiger partial charge in [-0.05, 0) is 23.8 Å². The Labute approximate surface area is 109 Å². The highest BCUT2D eigenvalue weighted by atomic mass is 16.5. The third-order valence-corrected chi connectivity index (χ3v) is 2.72.